The summed E-state index contributed by atoms with van der Waals surface area (Å²) >= 11 is 13.1. The SMILES string of the molecule is CN(C)C1CN(c2cc(-n3cc(C=O)c(=O)c4cc(Cl)c(N5CCCC5COc5ncccc5Cl)cc43)ccn2)C1.CO. The minimum absolute atomic E-state index is 0.0426. The molecule has 0 bridgehead atoms. The largest absolute Gasteiger partial charge is 0.474 e. The fourth-order valence-electron chi connectivity index (χ4n) is 5.55. The van der Waals surface area contributed by atoms with E-state index in [-0.39, 0.29) is 17.0 Å². The number of aliphatic hydroxyl groups excluding tert-OH is 1. The van der Waals surface area contributed by atoms with Crippen LogP contribution >= 0.6 is 23.2 Å². The van der Waals surface area contributed by atoms with Gasteiger partial charge in [0.15, 0.2) is 11.7 Å². The predicted molar refractivity (Wildman–Crippen MR) is 171 cm³/mol. The number of ether oxygens (including phenoxy) is 1. The molecule has 2 saturated heterocycles. The molecule has 6 rings (SSSR count). The molecule has 2 fully saturated rings. The summed E-state index contributed by atoms with van der Waals surface area (Å²) in [6.07, 6.45) is 7.47. The van der Waals surface area contributed by atoms with Crippen molar-refractivity contribution in [1.29, 1.82) is 0 Å². The number of fused-ring (bicyclic) bond motifs is 1. The number of halogens is 2. The topological polar surface area (TPSA) is 104 Å². The number of carbonyl (C=O) groups excluding carboxylic acids is 1. The summed E-state index contributed by atoms with van der Waals surface area (Å²) < 4.78 is 7.86. The number of nitrogens with zero attached hydrogens (tertiary/aromatic N) is 6. The second kappa shape index (κ2) is 13.3. The highest BCUT2D eigenvalue weighted by Gasteiger charge is 2.30. The molecule has 2 aliphatic heterocycles. The van der Waals surface area contributed by atoms with Gasteiger partial charge in [-0.2, -0.15) is 0 Å². The van der Waals surface area contributed by atoms with Crippen LogP contribution < -0.4 is 20.0 Å². The van der Waals surface area contributed by atoms with Crippen LogP contribution in [-0.2, 0) is 0 Å². The third kappa shape index (κ3) is 6.19. The van der Waals surface area contributed by atoms with E-state index >= 15 is 0 Å². The number of carbonyl (C=O) groups is 1. The number of aldehydes is 1. The molecule has 12 heteroatoms. The maximum Gasteiger partial charge on any atom is 0.232 e. The lowest BCUT2D eigenvalue weighted by Gasteiger charge is -2.43. The molecule has 4 aromatic rings. The minimum atomic E-state index is -0.350. The van der Waals surface area contributed by atoms with E-state index in [1.807, 2.05) is 22.8 Å². The number of likely N-dealkylation sites (N-methyl/N-ethyl adjacent to an activating group) is 1. The molecule has 1 unspecified atom stereocenters. The van der Waals surface area contributed by atoms with Gasteiger partial charge < -0.3 is 29.1 Å². The highest BCUT2D eigenvalue weighted by atomic mass is 35.5. The number of hydrogen-bond acceptors (Lipinski definition) is 9. The second-order valence-corrected chi connectivity index (χ2v) is 11.5. The highest BCUT2D eigenvalue weighted by molar-refractivity contribution is 6.34. The van der Waals surface area contributed by atoms with E-state index in [9.17, 15) is 9.59 Å². The van der Waals surface area contributed by atoms with Crippen LogP contribution in [0.2, 0.25) is 10.0 Å². The second-order valence-electron chi connectivity index (χ2n) is 10.7. The number of hydrogen-bond donors (Lipinski definition) is 1. The van der Waals surface area contributed by atoms with Crippen LogP contribution in [0.1, 0.15) is 23.2 Å². The summed E-state index contributed by atoms with van der Waals surface area (Å²) in [6.45, 7) is 2.94. The van der Waals surface area contributed by atoms with Gasteiger partial charge in [0.25, 0.3) is 0 Å². The molecular weight excluding hydrogens is 591 g/mol. The number of aliphatic hydroxyl groups is 1. The first-order valence-corrected chi connectivity index (χ1v) is 14.8. The van der Waals surface area contributed by atoms with Gasteiger partial charge in [0.2, 0.25) is 5.88 Å². The van der Waals surface area contributed by atoms with Gasteiger partial charge in [-0.25, -0.2) is 9.97 Å². The van der Waals surface area contributed by atoms with E-state index in [1.165, 1.54) is 0 Å². The van der Waals surface area contributed by atoms with E-state index in [1.54, 1.807) is 36.8 Å². The molecule has 0 spiro atoms. The molecule has 0 amide bonds. The van der Waals surface area contributed by atoms with E-state index in [0.717, 1.165) is 56.8 Å². The van der Waals surface area contributed by atoms with Crippen LogP contribution in [0.3, 0.4) is 0 Å². The van der Waals surface area contributed by atoms with Gasteiger partial charge in [-0.1, -0.05) is 23.2 Å². The Hall–Kier alpha value is -3.70. The van der Waals surface area contributed by atoms with E-state index < -0.39 is 0 Å². The van der Waals surface area contributed by atoms with Gasteiger partial charge in [-0.3, -0.25) is 9.59 Å². The summed E-state index contributed by atoms with van der Waals surface area (Å²) in [5.74, 6) is 1.24. The fourth-order valence-corrected chi connectivity index (χ4v) is 6.00. The van der Waals surface area contributed by atoms with Gasteiger partial charge in [0.1, 0.15) is 17.4 Å². The maximum atomic E-state index is 13.2. The number of rotatable bonds is 8. The number of benzene rings is 1. The molecule has 1 atom stereocenters. The van der Waals surface area contributed by atoms with Crippen molar-refractivity contribution in [3.63, 3.8) is 0 Å². The third-order valence-electron chi connectivity index (χ3n) is 7.97. The Morgan fingerprint density at radius 3 is 2.60 bits per heavy atom. The zero-order valence-corrected chi connectivity index (χ0v) is 25.8. The predicted octanol–water partition coefficient (Wildman–Crippen LogP) is 4.31. The standard InChI is InChI=1S/C30H30Cl2N6O3.CH4O/c1-35(2)22-15-36(16-22)28-11-20(7-9-33-28)38-14-19(17-39)29(40)23-12-25(32)27(13-26(23)38)37-10-4-5-21(37)18-41-30-24(31)6-3-8-34-30;1-2/h3,6-9,11-14,17,21-22H,4-5,10,15-16,18H2,1-2H3;2H,1H3. The molecule has 43 heavy (non-hydrogen) atoms. The van der Waals surface area contributed by atoms with Crippen molar-refractivity contribution in [3.05, 3.63) is 80.8 Å². The monoisotopic (exact) mass is 624 g/mol. The van der Waals surface area contributed by atoms with Crippen molar-refractivity contribution in [1.82, 2.24) is 19.4 Å². The van der Waals surface area contributed by atoms with Gasteiger partial charge in [-0.05, 0) is 57.3 Å². The van der Waals surface area contributed by atoms with Gasteiger partial charge in [-0.15, -0.1) is 0 Å². The quantitative estimate of drug-likeness (QED) is 0.287. The molecule has 1 N–H and O–H groups in total. The first-order chi connectivity index (χ1) is 20.8. The molecular formula is C31H34Cl2N6O4. The van der Waals surface area contributed by atoms with Gasteiger partial charge >= 0.3 is 0 Å². The van der Waals surface area contributed by atoms with Crippen LogP contribution in [0.4, 0.5) is 11.5 Å². The Labute approximate surface area is 260 Å². The third-order valence-corrected chi connectivity index (χ3v) is 8.56. The van der Waals surface area contributed by atoms with Crippen molar-refractivity contribution in [3.8, 4) is 11.6 Å². The summed E-state index contributed by atoms with van der Waals surface area (Å²) in [7, 11) is 5.15. The summed E-state index contributed by atoms with van der Waals surface area (Å²) in [4.78, 5) is 40.6. The van der Waals surface area contributed by atoms with E-state index in [2.05, 4.69) is 38.8 Å². The Morgan fingerprint density at radius 1 is 1.09 bits per heavy atom. The van der Waals surface area contributed by atoms with Crippen molar-refractivity contribution < 1.29 is 14.6 Å². The molecule has 226 valence electrons. The Bertz CT molecular complexity index is 1670. The van der Waals surface area contributed by atoms with Crippen LogP contribution in [0.15, 0.2) is 59.8 Å². The maximum absolute atomic E-state index is 13.2. The molecule has 0 radical (unpaired) electrons. The Balaban J connectivity index is 0.00000180. The fraction of sp³-hybridized carbons (Fsp3) is 0.355. The average molecular weight is 626 g/mol. The van der Waals surface area contributed by atoms with E-state index in [0.29, 0.717) is 45.8 Å². The smallest absolute Gasteiger partial charge is 0.232 e. The highest BCUT2D eigenvalue weighted by Crippen LogP contribution is 2.36. The summed E-state index contributed by atoms with van der Waals surface area (Å²) in [5, 5.41) is 8.28. The van der Waals surface area contributed by atoms with Crippen molar-refractivity contribution >= 4 is 51.9 Å². The molecule has 5 heterocycles. The molecule has 3 aromatic heterocycles. The summed E-state index contributed by atoms with van der Waals surface area (Å²) in [5.41, 5.74) is 1.98. The zero-order valence-electron chi connectivity index (χ0n) is 24.3. The minimum Gasteiger partial charge on any atom is -0.474 e. The van der Waals surface area contributed by atoms with Crippen molar-refractivity contribution in [2.45, 2.75) is 24.9 Å². The van der Waals surface area contributed by atoms with Crippen LogP contribution in [0, 0.1) is 0 Å². The first kappa shape index (κ1) is 30.7. The number of aromatic nitrogens is 3. The zero-order chi connectivity index (χ0) is 30.7. The lowest BCUT2D eigenvalue weighted by atomic mass is 10.1. The van der Waals surface area contributed by atoms with Gasteiger partial charge in [0.05, 0.1) is 33.5 Å². The lowest BCUT2D eigenvalue weighted by Crippen LogP contribution is -2.57. The average Bonchev–Trinajstić information content (AvgIpc) is 3.45. The normalized spacial score (nSPS) is 16.7. The molecule has 10 nitrogen and oxygen atoms in total. The number of anilines is 2. The first-order valence-electron chi connectivity index (χ1n) is 14.0. The molecule has 2 aliphatic rings. The molecule has 0 aliphatic carbocycles. The van der Waals surface area contributed by atoms with Gasteiger partial charge in [0, 0.05) is 62.8 Å². The molecule has 1 aromatic carbocycles. The van der Waals surface area contributed by atoms with Crippen LogP contribution in [-0.4, -0.2) is 90.4 Å². The summed E-state index contributed by atoms with van der Waals surface area (Å²) in [6, 6.07) is 11.5. The van der Waals surface area contributed by atoms with Crippen LogP contribution in [0.25, 0.3) is 16.6 Å². The van der Waals surface area contributed by atoms with Crippen LogP contribution in [0.5, 0.6) is 5.88 Å². The van der Waals surface area contributed by atoms with Crippen molar-refractivity contribution in [2.75, 3.05) is 57.2 Å². The molecule has 0 saturated carbocycles. The lowest BCUT2D eigenvalue weighted by molar-refractivity contribution is 0.112. The number of pyridine rings is 3. The Morgan fingerprint density at radius 2 is 1.88 bits per heavy atom. The Kier molecular flexibility index (Phi) is 9.51. The van der Waals surface area contributed by atoms with E-state index in [4.69, 9.17) is 33.0 Å². The van der Waals surface area contributed by atoms with Crippen molar-refractivity contribution in [2.24, 2.45) is 0 Å².